The van der Waals surface area contributed by atoms with E-state index in [2.05, 4.69) is 25.3 Å². The average Bonchev–Trinajstić information content (AvgIpc) is 2.61. The lowest BCUT2D eigenvalue weighted by Gasteiger charge is -2.11. The number of aromatic nitrogens is 2. The molecule has 8 nitrogen and oxygen atoms in total. The standard InChI is InChI=1S/C17H21N5O3/c1-22(2)10-9-19-17-18-8-7-14(21-17)15(23)20-13-6-4-5-12(11-13)16(24)25-3/h4-8,11H,9-10H2,1-3H3,(H,20,23)(H,18,19,21). The van der Waals surface area contributed by atoms with Crippen LogP contribution in [0.2, 0.25) is 0 Å². The van der Waals surface area contributed by atoms with Crippen LogP contribution in [0.25, 0.3) is 0 Å². The van der Waals surface area contributed by atoms with Crippen molar-refractivity contribution in [2.45, 2.75) is 0 Å². The molecule has 0 fully saturated rings. The van der Waals surface area contributed by atoms with Crippen LogP contribution in [-0.2, 0) is 4.74 Å². The first kappa shape index (κ1) is 18.3. The number of carbonyl (C=O) groups excluding carboxylic acids is 2. The fourth-order valence-corrected chi connectivity index (χ4v) is 2.00. The molecule has 1 amide bonds. The number of amides is 1. The number of methoxy groups -OCH3 is 1. The highest BCUT2D eigenvalue weighted by Gasteiger charge is 2.11. The number of benzene rings is 1. The summed E-state index contributed by atoms with van der Waals surface area (Å²) in [6.45, 7) is 1.49. The quantitative estimate of drug-likeness (QED) is 0.735. The van der Waals surface area contributed by atoms with Crippen molar-refractivity contribution in [3.05, 3.63) is 47.8 Å². The van der Waals surface area contributed by atoms with Gasteiger partial charge in [-0.05, 0) is 38.4 Å². The van der Waals surface area contributed by atoms with Gasteiger partial charge in [-0.2, -0.15) is 0 Å². The van der Waals surface area contributed by atoms with E-state index in [0.717, 1.165) is 6.54 Å². The SMILES string of the molecule is COC(=O)c1cccc(NC(=O)c2ccnc(NCCN(C)C)n2)c1. The summed E-state index contributed by atoms with van der Waals surface area (Å²) in [5, 5.41) is 5.77. The molecule has 0 aliphatic rings. The van der Waals surface area contributed by atoms with Crippen LogP contribution in [0.15, 0.2) is 36.5 Å². The summed E-state index contributed by atoms with van der Waals surface area (Å²) in [7, 11) is 5.24. The number of ether oxygens (including phenoxy) is 1. The molecule has 0 aliphatic carbocycles. The lowest BCUT2D eigenvalue weighted by atomic mass is 10.2. The summed E-state index contributed by atoms with van der Waals surface area (Å²) in [6, 6.07) is 8.02. The normalized spacial score (nSPS) is 10.4. The highest BCUT2D eigenvalue weighted by atomic mass is 16.5. The van der Waals surface area contributed by atoms with Crippen LogP contribution in [0.1, 0.15) is 20.8 Å². The number of hydrogen-bond acceptors (Lipinski definition) is 7. The fraction of sp³-hybridized carbons (Fsp3) is 0.294. The highest BCUT2D eigenvalue weighted by Crippen LogP contribution is 2.13. The van der Waals surface area contributed by atoms with Crippen LogP contribution < -0.4 is 10.6 Å². The summed E-state index contributed by atoms with van der Waals surface area (Å²) in [6.07, 6.45) is 1.52. The maximum absolute atomic E-state index is 12.3. The van der Waals surface area contributed by atoms with E-state index in [0.29, 0.717) is 23.7 Å². The first-order valence-electron chi connectivity index (χ1n) is 7.71. The lowest BCUT2D eigenvalue weighted by molar-refractivity contribution is 0.0600. The van der Waals surface area contributed by atoms with Gasteiger partial charge in [-0.15, -0.1) is 0 Å². The van der Waals surface area contributed by atoms with Crippen molar-refractivity contribution in [3.8, 4) is 0 Å². The van der Waals surface area contributed by atoms with Crippen LogP contribution >= 0.6 is 0 Å². The van der Waals surface area contributed by atoms with Gasteiger partial charge in [-0.1, -0.05) is 6.07 Å². The third-order valence-corrected chi connectivity index (χ3v) is 3.27. The van der Waals surface area contributed by atoms with Crippen molar-refractivity contribution in [2.75, 3.05) is 44.9 Å². The van der Waals surface area contributed by atoms with Crippen LogP contribution in [0, 0.1) is 0 Å². The molecule has 8 heteroatoms. The molecule has 0 spiro atoms. The summed E-state index contributed by atoms with van der Waals surface area (Å²) < 4.78 is 4.67. The molecule has 1 aromatic carbocycles. The van der Waals surface area contributed by atoms with Crippen LogP contribution in [0.5, 0.6) is 0 Å². The van der Waals surface area contributed by atoms with Gasteiger partial charge in [0.1, 0.15) is 5.69 Å². The maximum Gasteiger partial charge on any atom is 0.337 e. The van der Waals surface area contributed by atoms with Crippen molar-refractivity contribution in [1.82, 2.24) is 14.9 Å². The van der Waals surface area contributed by atoms with E-state index in [4.69, 9.17) is 0 Å². The first-order valence-corrected chi connectivity index (χ1v) is 7.71. The molecule has 2 aromatic rings. The topological polar surface area (TPSA) is 96.4 Å². The lowest BCUT2D eigenvalue weighted by Crippen LogP contribution is -2.22. The minimum absolute atomic E-state index is 0.228. The number of nitrogens with one attached hydrogen (secondary N) is 2. The molecule has 25 heavy (non-hydrogen) atoms. The van der Waals surface area contributed by atoms with Crippen molar-refractivity contribution >= 4 is 23.5 Å². The average molecular weight is 343 g/mol. The zero-order valence-electron chi connectivity index (χ0n) is 14.4. The zero-order chi connectivity index (χ0) is 18.2. The molecule has 132 valence electrons. The van der Waals surface area contributed by atoms with Gasteiger partial charge >= 0.3 is 5.97 Å². The van der Waals surface area contributed by atoms with Crippen LogP contribution in [0.3, 0.4) is 0 Å². The van der Waals surface area contributed by atoms with Gasteiger partial charge < -0.3 is 20.3 Å². The second kappa shape index (κ2) is 8.74. The van der Waals surface area contributed by atoms with E-state index in [1.54, 1.807) is 24.3 Å². The number of likely N-dealkylation sites (N-methyl/N-ethyl adjacent to an activating group) is 1. The van der Waals surface area contributed by atoms with Crippen molar-refractivity contribution in [1.29, 1.82) is 0 Å². The van der Waals surface area contributed by atoms with Gasteiger partial charge in [0, 0.05) is 25.0 Å². The molecule has 0 saturated carbocycles. The first-order chi connectivity index (χ1) is 12.0. The van der Waals surface area contributed by atoms with E-state index in [1.165, 1.54) is 19.4 Å². The highest BCUT2D eigenvalue weighted by molar-refractivity contribution is 6.03. The van der Waals surface area contributed by atoms with Crippen LogP contribution in [0.4, 0.5) is 11.6 Å². The van der Waals surface area contributed by atoms with Gasteiger partial charge in [0.25, 0.3) is 5.91 Å². The third-order valence-electron chi connectivity index (χ3n) is 3.27. The summed E-state index contributed by atoms with van der Waals surface area (Å²) in [5.74, 6) is -0.469. The second-order valence-corrected chi connectivity index (χ2v) is 5.52. The Morgan fingerprint density at radius 1 is 1.24 bits per heavy atom. The molecule has 0 saturated heterocycles. The Balaban J connectivity index is 2.04. The Bertz CT molecular complexity index is 749. The van der Waals surface area contributed by atoms with Crippen LogP contribution in [-0.4, -0.2) is 61.0 Å². The largest absolute Gasteiger partial charge is 0.465 e. The molecule has 0 bridgehead atoms. The molecular weight excluding hydrogens is 322 g/mol. The maximum atomic E-state index is 12.3. The van der Waals surface area contributed by atoms with Gasteiger partial charge in [0.15, 0.2) is 0 Å². The van der Waals surface area contributed by atoms with Gasteiger partial charge in [0.2, 0.25) is 5.95 Å². The molecule has 0 unspecified atom stereocenters. The van der Waals surface area contributed by atoms with Crippen molar-refractivity contribution in [3.63, 3.8) is 0 Å². The monoisotopic (exact) mass is 343 g/mol. The Morgan fingerprint density at radius 2 is 2.04 bits per heavy atom. The minimum atomic E-state index is -0.467. The fourth-order valence-electron chi connectivity index (χ4n) is 2.00. The Morgan fingerprint density at radius 3 is 2.76 bits per heavy atom. The number of rotatable bonds is 7. The molecule has 0 radical (unpaired) electrons. The minimum Gasteiger partial charge on any atom is -0.465 e. The summed E-state index contributed by atoms with van der Waals surface area (Å²) in [5.41, 5.74) is 1.06. The Hall–Kier alpha value is -3.00. The predicted molar refractivity (Wildman–Crippen MR) is 94.8 cm³/mol. The second-order valence-electron chi connectivity index (χ2n) is 5.52. The zero-order valence-corrected chi connectivity index (χ0v) is 14.4. The number of nitrogens with zero attached hydrogens (tertiary/aromatic N) is 3. The van der Waals surface area contributed by atoms with Crippen molar-refractivity contribution in [2.24, 2.45) is 0 Å². The Labute approximate surface area is 146 Å². The predicted octanol–water partition coefficient (Wildman–Crippen LogP) is 1.49. The molecule has 0 atom stereocenters. The van der Waals surface area contributed by atoms with E-state index in [-0.39, 0.29) is 11.6 Å². The van der Waals surface area contributed by atoms with E-state index in [9.17, 15) is 9.59 Å². The van der Waals surface area contributed by atoms with Crippen molar-refractivity contribution < 1.29 is 14.3 Å². The summed E-state index contributed by atoms with van der Waals surface area (Å²) >= 11 is 0. The molecule has 1 aromatic heterocycles. The van der Waals surface area contributed by atoms with E-state index < -0.39 is 5.97 Å². The molecular formula is C17H21N5O3. The van der Waals surface area contributed by atoms with Gasteiger partial charge in [-0.25, -0.2) is 14.8 Å². The smallest absolute Gasteiger partial charge is 0.337 e. The summed E-state index contributed by atoms with van der Waals surface area (Å²) in [4.78, 5) is 34.2. The van der Waals surface area contributed by atoms with Gasteiger partial charge in [-0.3, -0.25) is 4.79 Å². The molecule has 1 heterocycles. The number of anilines is 2. The number of esters is 1. The van der Waals surface area contributed by atoms with E-state index >= 15 is 0 Å². The Kier molecular flexibility index (Phi) is 6.41. The number of hydrogen-bond donors (Lipinski definition) is 2. The van der Waals surface area contributed by atoms with Gasteiger partial charge in [0.05, 0.1) is 12.7 Å². The molecule has 2 rings (SSSR count). The third kappa shape index (κ3) is 5.54. The molecule has 2 N–H and O–H groups in total. The number of carbonyl (C=O) groups is 2. The molecule has 0 aliphatic heterocycles. The van der Waals surface area contributed by atoms with E-state index in [1.807, 2.05) is 19.0 Å².